The Kier molecular flexibility index (Phi) is 7.91. The molecule has 0 aromatic carbocycles. The first kappa shape index (κ1) is 16.2. The number of carbonyl (C=O) groups excluding carboxylic acids is 1. The van der Waals surface area contributed by atoms with Crippen LogP contribution in [0.25, 0.3) is 0 Å². The number of amides is 1. The SMILES string of the molecule is CC(C)(C)OC(N)=O.CCOC1CCNCC1. The lowest BCUT2D eigenvalue weighted by atomic mass is 10.1. The fourth-order valence-electron chi connectivity index (χ4n) is 1.50. The molecule has 0 spiro atoms. The minimum Gasteiger partial charge on any atom is -0.444 e. The van der Waals surface area contributed by atoms with Crippen molar-refractivity contribution in [2.45, 2.75) is 52.2 Å². The minimum absolute atomic E-state index is 0.453. The second-order valence-corrected chi connectivity index (χ2v) is 4.94. The number of hydrogen-bond donors (Lipinski definition) is 2. The molecule has 1 fully saturated rings. The second-order valence-electron chi connectivity index (χ2n) is 4.94. The molecule has 1 heterocycles. The van der Waals surface area contributed by atoms with Crippen molar-refractivity contribution in [2.75, 3.05) is 19.7 Å². The van der Waals surface area contributed by atoms with Crippen LogP contribution in [0.2, 0.25) is 0 Å². The van der Waals surface area contributed by atoms with E-state index in [1.165, 1.54) is 12.8 Å². The van der Waals surface area contributed by atoms with Gasteiger partial charge in [-0.25, -0.2) is 4.79 Å². The lowest BCUT2D eigenvalue weighted by Crippen LogP contribution is -2.32. The number of nitrogens with one attached hydrogen (secondary N) is 1. The van der Waals surface area contributed by atoms with Crippen LogP contribution in [0.1, 0.15) is 40.5 Å². The van der Waals surface area contributed by atoms with Gasteiger partial charge in [0, 0.05) is 6.61 Å². The van der Waals surface area contributed by atoms with Crippen LogP contribution in [0.15, 0.2) is 0 Å². The summed E-state index contributed by atoms with van der Waals surface area (Å²) in [6.07, 6.45) is 2.19. The summed E-state index contributed by atoms with van der Waals surface area (Å²) in [4.78, 5) is 10.0. The fourth-order valence-corrected chi connectivity index (χ4v) is 1.50. The summed E-state index contributed by atoms with van der Waals surface area (Å²) in [6.45, 7) is 10.5. The first-order valence-corrected chi connectivity index (χ1v) is 6.16. The fraction of sp³-hybridized carbons (Fsp3) is 0.917. The zero-order valence-electron chi connectivity index (χ0n) is 11.4. The van der Waals surface area contributed by atoms with Crippen LogP contribution in [-0.2, 0) is 9.47 Å². The molecule has 0 atom stereocenters. The Labute approximate surface area is 104 Å². The third-order valence-corrected chi connectivity index (χ3v) is 2.10. The summed E-state index contributed by atoms with van der Waals surface area (Å²) in [5.74, 6) is 0. The van der Waals surface area contributed by atoms with Gasteiger partial charge in [0.15, 0.2) is 0 Å². The summed E-state index contributed by atoms with van der Waals surface area (Å²) >= 11 is 0. The number of carbonyl (C=O) groups is 1. The first-order chi connectivity index (χ1) is 7.85. The van der Waals surface area contributed by atoms with E-state index in [-0.39, 0.29) is 0 Å². The summed E-state index contributed by atoms with van der Waals surface area (Å²) in [5.41, 5.74) is 4.26. The maximum atomic E-state index is 10.0. The Bertz CT molecular complexity index is 206. The average molecular weight is 246 g/mol. The van der Waals surface area contributed by atoms with Gasteiger partial charge < -0.3 is 20.5 Å². The molecule has 0 radical (unpaired) electrons. The van der Waals surface area contributed by atoms with E-state index in [9.17, 15) is 4.79 Å². The predicted molar refractivity (Wildman–Crippen MR) is 67.9 cm³/mol. The molecular formula is C12H26N2O3. The number of nitrogens with two attached hydrogens (primary N) is 1. The molecule has 0 aromatic rings. The van der Waals surface area contributed by atoms with E-state index in [1.807, 2.05) is 0 Å². The maximum Gasteiger partial charge on any atom is 0.405 e. The van der Waals surface area contributed by atoms with Crippen LogP contribution in [-0.4, -0.2) is 37.5 Å². The Morgan fingerprint density at radius 2 is 1.88 bits per heavy atom. The smallest absolute Gasteiger partial charge is 0.405 e. The van der Waals surface area contributed by atoms with Crippen LogP contribution in [0, 0.1) is 0 Å². The van der Waals surface area contributed by atoms with Crippen molar-refractivity contribution in [2.24, 2.45) is 5.73 Å². The van der Waals surface area contributed by atoms with E-state index in [1.54, 1.807) is 20.8 Å². The number of piperidine rings is 1. The van der Waals surface area contributed by atoms with Crippen LogP contribution >= 0.6 is 0 Å². The Morgan fingerprint density at radius 1 is 1.35 bits per heavy atom. The molecule has 3 N–H and O–H groups in total. The summed E-state index contributed by atoms with van der Waals surface area (Å²) in [5, 5.41) is 3.29. The van der Waals surface area contributed by atoms with Crippen LogP contribution in [0.5, 0.6) is 0 Å². The zero-order chi connectivity index (χ0) is 13.3. The molecule has 1 saturated heterocycles. The first-order valence-electron chi connectivity index (χ1n) is 6.16. The zero-order valence-corrected chi connectivity index (χ0v) is 11.4. The highest BCUT2D eigenvalue weighted by Crippen LogP contribution is 2.06. The molecule has 1 aliphatic heterocycles. The summed E-state index contributed by atoms with van der Waals surface area (Å²) in [6, 6.07) is 0. The van der Waals surface area contributed by atoms with Gasteiger partial charge in [0.1, 0.15) is 5.60 Å². The second kappa shape index (κ2) is 8.31. The van der Waals surface area contributed by atoms with E-state index < -0.39 is 11.7 Å². The Morgan fingerprint density at radius 3 is 2.18 bits per heavy atom. The van der Waals surface area contributed by atoms with E-state index in [2.05, 4.69) is 17.0 Å². The highest BCUT2D eigenvalue weighted by atomic mass is 16.6. The molecule has 1 amide bonds. The lowest BCUT2D eigenvalue weighted by Gasteiger charge is -2.21. The molecule has 5 heteroatoms. The molecule has 0 unspecified atom stereocenters. The van der Waals surface area contributed by atoms with Crippen molar-refractivity contribution >= 4 is 6.09 Å². The maximum absolute atomic E-state index is 10.0. The van der Waals surface area contributed by atoms with Gasteiger partial charge in [0.25, 0.3) is 0 Å². The number of hydrogen-bond acceptors (Lipinski definition) is 4. The van der Waals surface area contributed by atoms with Gasteiger partial charge in [-0.15, -0.1) is 0 Å². The van der Waals surface area contributed by atoms with Gasteiger partial charge in [-0.2, -0.15) is 0 Å². The number of primary amides is 1. The molecule has 1 aliphatic rings. The normalized spacial score (nSPS) is 16.9. The van der Waals surface area contributed by atoms with Crippen molar-refractivity contribution in [3.05, 3.63) is 0 Å². The largest absolute Gasteiger partial charge is 0.444 e. The van der Waals surface area contributed by atoms with Gasteiger partial charge in [-0.1, -0.05) is 0 Å². The van der Waals surface area contributed by atoms with E-state index in [4.69, 9.17) is 10.5 Å². The molecule has 0 saturated carbocycles. The third kappa shape index (κ3) is 11.5. The molecule has 102 valence electrons. The standard InChI is InChI=1S/C7H15NO.C5H11NO2/c1-2-9-7-3-5-8-6-4-7;1-5(2,3)8-4(6)7/h7-8H,2-6H2,1H3;1-3H3,(H2,6,7). The van der Waals surface area contributed by atoms with Gasteiger partial charge in [0.2, 0.25) is 0 Å². The van der Waals surface area contributed by atoms with Crippen LogP contribution < -0.4 is 11.1 Å². The molecule has 1 rings (SSSR count). The molecular weight excluding hydrogens is 220 g/mol. The molecule has 17 heavy (non-hydrogen) atoms. The monoisotopic (exact) mass is 246 g/mol. The van der Waals surface area contributed by atoms with Crippen molar-refractivity contribution < 1.29 is 14.3 Å². The van der Waals surface area contributed by atoms with Crippen molar-refractivity contribution in [1.29, 1.82) is 0 Å². The topological polar surface area (TPSA) is 73.6 Å². The third-order valence-electron chi connectivity index (χ3n) is 2.10. The van der Waals surface area contributed by atoms with E-state index >= 15 is 0 Å². The summed E-state index contributed by atoms with van der Waals surface area (Å²) < 4.78 is 10.0. The Balaban J connectivity index is 0.000000304. The molecule has 5 nitrogen and oxygen atoms in total. The quantitative estimate of drug-likeness (QED) is 0.777. The van der Waals surface area contributed by atoms with Gasteiger partial charge in [-0.05, 0) is 53.6 Å². The average Bonchev–Trinajstić information content (AvgIpc) is 2.16. The van der Waals surface area contributed by atoms with Crippen molar-refractivity contribution in [3.63, 3.8) is 0 Å². The van der Waals surface area contributed by atoms with Crippen molar-refractivity contribution in [1.82, 2.24) is 5.32 Å². The van der Waals surface area contributed by atoms with Crippen LogP contribution in [0.4, 0.5) is 4.79 Å². The van der Waals surface area contributed by atoms with Gasteiger partial charge >= 0.3 is 6.09 Å². The Hall–Kier alpha value is -0.810. The van der Waals surface area contributed by atoms with E-state index in [0.717, 1.165) is 19.7 Å². The molecule has 0 aromatic heterocycles. The minimum atomic E-state index is -0.725. The van der Waals surface area contributed by atoms with Gasteiger partial charge in [-0.3, -0.25) is 0 Å². The number of rotatable bonds is 2. The van der Waals surface area contributed by atoms with E-state index in [0.29, 0.717) is 6.10 Å². The highest BCUT2D eigenvalue weighted by molar-refractivity contribution is 5.65. The summed E-state index contributed by atoms with van der Waals surface area (Å²) in [7, 11) is 0. The highest BCUT2D eigenvalue weighted by Gasteiger charge is 2.12. The number of ether oxygens (including phenoxy) is 2. The van der Waals surface area contributed by atoms with Crippen molar-refractivity contribution in [3.8, 4) is 0 Å². The molecule has 0 bridgehead atoms. The van der Waals surface area contributed by atoms with Crippen LogP contribution in [0.3, 0.4) is 0 Å². The predicted octanol–water partition coefficient (Wildman–Crippen LogP) is 1.66. The van der Waals surface area contributed by atoms with Gasteiger partial charge in [0.05, 0.1) is 6.10 Å². The molecule has 0 aliphatic carbocycles. The lowest BCUT2D eigenvalue weighted by molar-refractivity contribution is 0.0415.